The van der Waals surface area contributed by atoms with E-state index in [1.54, 1.807) is 0 Å². The van der Waals surface area contributed by atoms with Crippen LogP contribution in [-0.4, -0.2) is 10.9 Å². The Labute approximate surface area is 116 Å². The number of aromatic nitrogens is 1. The van der Waals surface area contributed by atoms with Crippen LogP contribution in [0, 0.1) is 5.82 Å². The first-order valence-electron chi connectivity index (χ1n) is 5.66. The number of pyridine rings is 1. The quantitative estimate of drug-likeness (QED) is 0.661. The molecule has 21 heavy (non-hydrogen) atoms. The molecular weight excluding hydrogens is 290 g/mol. The zero-order valence-corrected chi connectivity index (χ0v) is 10.4. The van der Waals surface area contributed by atoms with Crippen molar-refractivity contribution in [3.05, 3.63) is 53.6 Å². The molecule has 0 aliphatic carbocycles. The maximum Gasteiger partial charge on any atom is 0.418 e. The van der Waals surface area contributed by atoms with Crippen LogP contribution in [0.5, 0.6) is 0 Å². The first kappa shape index (κ1) is 14.8. The second-order valence-electron chi connectivity index (χ2n) is 4.11. The monoisotopic (exact) mass is 299 g/mol. The Morgan fingerprint density at radius 3 is 2.57 bits per heavy atom. The summed E-state index contributed by atoms with van der Waals surface area (Å²) >= 11 is 0. The summed E-state index contributed by atoms with van der Waals surface area (Å²) in [6.45, 7) is 0. The molecule has 1 heterocycles. The highest BCUT2D eigenvalue weighted by Crippen LogP contribution is 2.35. The van der Waals surface area contributed by atoms with Crippen molar-refractivity contribution in [1.82, 2.24) is 4.98 Å². The third kappa shape index (κ3) is 3.28. The standard InChI is InChI=1S/C13H9F4N3O/c14-10-6-19-4-3-8(10)12(21)20-7-1-2-11(18)9(5-7)13(15,16)17/h1-6H,18H2,(H,20,21). The van der Waals surface area contributed by atoms with E-state index in [4.69, 9.17) is 5.73 Å². The van der Waals surface area contributed by atoms with E-state index in [2.05, 4.69) is 10.3 Å². The van der Waals surface area contributed by atoms with Crippen LogP contribution in [0.15, 0.2) is 36.7 Å². The van der Waals surface area contributed by atoms with Crippen LogP contribution >= 0.6 is 0 Å². The highest BCUT2D eigenvalue weighted by molar-refractivity contribution is 6.04. The summed E-state index contributed by atoms with van der Waals surface area (Å²) in [5.74, 6) is -1.76. The molecule has 0 fully saturated rings. The van der Waals surface area contributed by atoms with Crippen molar-refractivity contribution in [2.45, 2.75) is 6.18 Å². The van der Waals surface area contributed by atoms with Crippen LogP contribution in [0.1, 0.15) is 15.9 Å². The molecule has 1 amide bonds. The molecule has 0 saturated carbocycles. The zero-order valence-electron chi connectivity index (χ0n) is 10.4. The number of hydrogen-bond acceptors (Lipinski definition) is 3. The highest BCUT2D eigenvalue weighted by Gasteiger charge is 2.33. The predicted molar refractivity (Wildman–Crippen MR) is 68.0 cm³/mol. The minimum absolute atomic E-state index is 0.141. The lowest BCUT2D eigenvalue weighted by Gasteiger charge is -2.12. The van der Waals surface area contributed by atoms with Gasteiger partial charge in [-0.15, -0.1) is 0 Å². The van der Waals surface area contributed by atoms with Gasteiger partial charge in [-0.05, 0) is 24.3 Å². The summed E-state index contributed by atoms with van der Waals surface area (Å²) in [6.07, 6.45) is -2.62. The van der Waals surface area contributed by atoms with Gasteiger partial charge in [0.1, 0.15) is 0 Å². The van der Waals surface area contributed by atoms with E-state index < -0.39 is 29.2 Å². The van der Waals surface area contributed by atoms with E-state index in [-0.39, 0.29) is 11.3 Å². The average molecular weight is 299 g/mol. The normalized spacial score (nSPS) is 11.2. The molecule has 1 aromatic heterocycles. The smallest absolute Gasteiger partial charge is 0.398 e. The second-order valence-corrected chi connectivity index (χ2v) is 4.11. The Morgan fingerprint density at radius 2 is 1.95 bits per heavy atom. The van der Waals surface area contributed by atoms with Gasteiger partial charge in [-0.3, -0.25) is 9.78 Å². The number of nitrogens with zero attached hydrogens (tertiary/aromatic N) is 1. The summed E-state index contributed by atoms with van der Waals surface area (Å²) in [5, 5.41) is 2.18. The van der Waals surface area contributed by atoms with Gasteiger partial charge in [0.25, 0.3) is 5.91 Å². The van der Waals surface area contributed by atoms with Crippen molar-refractivity contribution in [2.24, 2.45) is 0 Å². The number of rotatable bonds is 2. The molecule has 2 aromatic rings. The molecule has 0 aliphatic rings. The fourth-order valence-corrected chi connectivity index (χ4v) is 1.64. The first-order chi connectivity index (χ1) is 9.79. The van der Waals surface area contributed by atoms with Crippen LogP contribution in [0.4, 0.5) is 28.9 Å². The molecule has 0 saturated heterocycles. The third-order valence-corrected chi connectivity index (χ3v) is 2.63. The van der Waals surface area contributed by atoms with E-state index in [9.17, 15) is 22.4 Å². The van der Waals surface area contributed by atoms with E-state index in [1.165, 1.54) is 12.3 Å². The number of hydrogen-bond donors (Lipinski definition) is 2. The van der Waals surface area contributed by atoms with Gasteiger partial charge >= 0.3 is 6.18 Å². The highest BCUT2D eigenvalue weighted by atomic mass is 19.4. The minimum atomic E-state index is -4.65. The SMILES string of the molecule is Nc1ccc(NC(=O)c2ccncc2F)cc1C(F)(F)F. The number of benzene rings is 1. The van der Waals surface area contributed by atoms with Crippen LogP contribution in [0.2, 0.25) is 0 Å². The fraction of sp³-hybridized carbons (Fsp3) is 0.0769. The van der Waals surface area contributed by atoms with Crippen LogP contribution in [-0.2, 0) is 6.18 Å². The molecular formula is C13H9F4N3O. The van der Waals surface area contributed by atoms with E-state index in [1.807, 2.05) is 0 Å². The third-order valence-electron chi connectivity index (χ3n) is 2.63. The minimum Gasteiger partial charge on any atom is -0.398 e. The van der Waals surface area contributed by atoms with Gasteiger partial charge in [-0.1, -0.05) is 0 Å². The number of nitrogens with two attached hydrogens (primary N) is 1. The molecule has 0 spiro atoms. The molecule has 8 heteroatoms. The van der Waals surface area contributed by atoms with E-state index >= 15 is 0 Å². The van der Waals surface area contributed by atoms with E-state index in [0.29, 0.717) is 6.07 Å². The average Bonchev–Trinajstić information content (AvgIpc) is 2.40. The summed E-state index contributed by atoms with van der Waals surface area (Å²) in [5.41, 5.74) is 3.24. The Balaban J connectivity index is 2.29. The van der Waals surface area contributed by atoms with Crippen molar-refractivity contribution < 1.29 is 22.4 Å². The summed E-state index contributed by atoms with van der Waals surface area (Å²) in [7, 11) is 0. The summed E-state index contributed by atoms with van der Waals surface area (Å²) in [6, 6.07) is 4.02. The molecule has 110 valence electrons. The maximum atomic E-state index is 13.4. The van der Waals surface area contributed by atoms with Crippen LogP contribution in [0.3, 0.4) is 0 Å². The number of carbonyl (C=O) groups is 1. The Bertz CT molecular complexity index is 685. The number of halogens is 4. The lowest BCUT2D eigenvalue weighted by molar-refractivity contribution is -0.136. The van der Waals surface area contributed by atoms with E-state index in [0.717, 1.165) is 18.3 Å². The van der Waals surface area contributed by atoms with Gasteiger partial charge < -0.3 is 11.1 Å². The molecule has 0 unspecified atom stereocenters. The lowest BCUT2D eigenvalue weighted by Crippen LogP contribution is -2.15. The second kappa shape index (κ2) is 5.39. The number of amides is 1. The molecule has 0 radical (unpaired) electrons. The number of nitrogens with one attached hydrogen (secondary N) is 1. The number of anilines is 2. The van der Waals surface area contributed by atoms with Gasteiger partial charge in [0.2, 0.25) is 0 Å². The fourth-order valence-electron chi connectivity index (χ4n) is 1.64. The molecule has 3 N–H and O–H groups in total. The molecule has 1 aromatic carbocycles. The molecule has 4 nitrogen and oxygen atoms in total. The zero-order chi connectivity index (χ0) is 15.6. The predicted octanol–water partition coefficient (Wildman–Crippen LogP) is 3.07. The molecule has 2 rings (SSSR count). The molecule has 0 aliphatic heterocycles. The number of alkyl halides is 3. The van der Waals surface area contributed by atoms with Gasteiger partial charge in [0.15, 0.2) is 5.82 Å². The topological polar surface area (TPSA) is 68.0 Å². The van der Waals surface area contributed by atoms with Gasteiger partial charge in [-0.25, -0.2) is 4.39 Å². The maximum absolute atomic E-state index is 13.4. The van der Waals surface area contributed by atoms with Gasteiger partial charge in [0.05, 0.1) is 17.3 Å². The van der Waals surface area contributed by atoms with Gasteiger partial charge in [0, 0.05) is 17.6 Å². The Morgan fingerprint density at radius 1 is 1.24 bits per heavy atom. The van der Waals surface area contributed by atoms with Crippen molar-refractivity contribution in [1.29, 1.82) is 0 Å². The van der Waals surface area contributed by atoms with Crippen molar-refractivity contribution >= 4 is 17.3 Å². The Hall–Kier alpha value is -2.64. The van der Waals surface area contributed by atoms with Crippen LogP contribution < -0.4 is 11.1 Å². The first-order valence-corrected chi connectivity index (χ1v) is 5.66. The number of nitrogen functional groups attached to an aromatic ring is 1. The molecule has 0 atom stereocenters. The van der Waals surface area contributed by atoms with Crippen molar-refractivity contribution in [3.8, 4) is 0 Å². The lowest BCUT2D eigenvalue weighted by atomic mass is 10.1. The number of carbonyl (C=O) groups excluding carboxylic acids is 1. The summed E-state index contributed by atoms with van der Waals surface area (Å²) in [4.78, 5) is 15.3. The molecule has 0 bridgehead atoms. The Kier molecular flexibility index (Phi) is 3.79. The van der Waals surface area contributed by atoms with Crippen molar-refractivity contribution in [2.75, 3.05) is 11.1 Å². The largest absolute Gasteiger partial charge is 0.418 e. The summed E-state index contributed by atoms with van der Waals surface area (Å²) < 4.78 is 51.4. The van der Waals surface area contributed by atoms with Gasteiger partial charge in [-0.2, -0.15) is 13.2 Å². The van der Waals surface area contributed by atoms with Crippen molar-refractivity contribution in [3.63, 3.8) is 0 Å². The van der Waals surface area contributed by atoms with Crippen LogP contribution in [0.25, 0.3) is 0 Å².